The number of carbonyl (C=O) groups is 2. The maximum Gasteiger partial charge on any atom is 0.359 e. The van der Waals surface area contributed by atoms with E-state index in [0.29, 0.717) is 24.5 Å². The van der Waals surface area contributed by atoms with Crippen LogP contribution >= 0.6 is 0 Å². The summed E-state index contributed by atoms with van der Waals surface area (Å²) >= 11 is 0. The Morgan fingerprint density at radius 1 is 0.900 bits per heavy atom. The Hall–Kier alpha value is -4.07. The van der Waals surface area contributed by atoms with Crippen LogP contribution in [-0.2, 0) is 9.53 Å². The van der Waals surface area contributed by atoms with E-state index in [0.717, 1.165) is 16.5 Å². The molecule has 0 aliphatic rings. The number of nitrogens with zero attached hydrogens (tertiary/aromatic N) is 1. The number of fused-ring (bicyclic) bond motifs is 1. The molecule has 8 nitrogen and oxygen atoms in total. The lowest BCUT2D eigenvalue weighted by molar-refractivity contribution is -0.132. The van der Waals surface area contributed by atoms with Crippen LogP contribution in [0.15, 0.2) is 71.8 Å². The number of ether oxygens (including phenoxy) is 3. The molecule has 0 saturated heterocycles. The van der Waals surface area contributed by atoms with Gasteiger partial charge in [0.2, 0.25) is 0 Å². The molecule has 3 aromatic carbocycles. The molecular formula is C22H21N3O5. The number of methoxy groups -OCH3 is 1. The highest BCUT2D eigenvalue weighted by molar-refractivity contribution is 6.43. The van der Waals surface area contributed by atoms with E-state index in [9.17, 15) is 9.59 Å². The van der Waals surface area contributed by atoms with E-state index in [2.05, 4.69) is 9.84 Å². The zero-order valence-corrected chi connectivity index (χ0v) is 16.3. The van der Waals surface area contributed by atoms with Crippen molar-refractivity contribution in [2.24, 2.45) is 10.8 Å². The molecule has 0 aliphatic carbocycles. The lowest BCUT2D eigenvalue weighted by atomic mass is 10.1. The molecule has 0 saturated carbocycles. The van der Waals surface area contributed by atoms with Crippen molar-refractivity contribution >= 4 is 28.5 Å². The van der Waals surface area contributed by atoms with Gasteiger partial charge in [-0.1, -0.05) is 30.3 Å². The number of esters is 1. The van der Waals surface area contributed by atoms with Gasteiger partial charge >= 0.3 is 12.0 Å². The van der Waals surface area contributed by atoms with E-state index in [1.807, 2.05) is 47.9 Å². The van der Waals surface area contributed by atoms with E-state index in [1.54, 1.807) is 24.3 Å². The van der Waals surface area contributed by atoms with Crippen LogP contribution in [0, 0.1) is 0 Å². The highest BCUT2D eigenvalue weighted by atomic mass is 16.5. The van der Waals surface area contributed by atoms with Crippen molar-refractivity contribution in [3.63, 3.8) is 0 Å². The van der Waals surface area contributed by atoms with Crippen molar-refractivity contribution in [1.82, 2.24) is 5.43 Å². The average molecular weight is 407 g/mol. The summed E-state index contributed by atoms with van der Waals surface area (Å²) < 4.78 is 16.1. The number of hydrogen-bond donors (Lipinski definition) is 2. The van der Waals surface area contributed by atoms with E-state index in [1.165, 1.54) is 7.11 Å². The van der Waals surface area contributed by atoms with Crippen molar-refractivity contribution in [2.45, 2.75) is 0 Å². The first-order chi connectivity index (χ1) is 14.6. The Morgan fingerprint density at radius 2 is 1.53 bits per heavy atom. The molecular weight excluding hydrogens is 386 g/mol. The van der Waals surface area contributed by atoms with Gasteiger partial charge < -0.3 is 19.9 Å². The third-order valence-corrected chi connectivity index (χ3v) is 4.13. The normalized spacial score (nSPS) is 11.0. The minimum atomic E-state index is -0.886. The van der Waals surface area contributed by atoms with Crippen molar-refractivity contribution in [3.8, 4) is 11.5 Å². The highest BCUT2D eigenvalue weighted by Crippen LogP contribution is 2.20. The van der Waals surface area contributed by atoms with Gasteiger partial charge in [0, 0.05) is 5.56 Å². The fourth-order valence-electron chi connectivity index (χ4n) is 2.72. The third-order valence-electron chi connectivity index (χ3n) is 4.13. The molecule has 0 aromatic heterocycles. The number of nitrogens with one attached hydrogen (secondary N) is 1. The smallest absolute Gasteiger partial charge is 0.359 e. The zero-order valence-electron chi connectivity index (χ0n) is 16.3. The number of urea groups is 1. The van der Waals surface area contributed by atoms with E-state index >= 15 is 0 Å². The largest absolute Gasteiger partial charge is 0.490 e. The number of hydrogen-bond acceptors (Lipinski definition) is 6. The zero-order chi connectivity index (χ0) is 21.3. The summed E-state index contributed by atoms with van der Waals surface area (Å²) in [6.07, 6.45) is 0. The van der Waals surface area contributed by atoms with Crippen LogP contribution in [0.3, 0.4) is 0 Å². The molecule has 3 aromatic rings. The average Bonchev–Trinajstić information content (AvgIpc) is 2.77. The summed E-state index contributed by atoms with van der Waals surface area (Å²) in [6.45, 7) is 0.713. The van der Waals surface area contributed by atoms with Gasteiger partial charge in [0.25, 0.3) is 0 Å². The molecule has 3 N–H and O–H groups in total. The summed E-state index contributed by atoms with van der Waals surface area (Å²) in [5.41, 5.74) is 7.36. The Kier molecular flexibility index (Phi) is 6.83. The fraction of sp³-hybridized carbons (Fsp3) is 0.136. The summed E-state index contributed by atoms with van der Waals surface area (Å²) in [5, 5.41) is 5.95. The number of carbonyl (C=O) groups excluding carboxylic acids is 2. The fourth-order valence-corrected chi connectivity index (χ4v) is 2.72. The first kappa shape index (κ1) is 20.7. The third kappa shape index (κ3) is 5.48. The van der Waals surface area contributed by atoms with Crippen LogP contribution in [-0.4, -0.2) is 38.0 Å². The Balaban J connectivity index is 1.55. The van der Waals surface area contributed by atoms with Crippen LogP contribution in [0.5, 0.6) is 11.5 Å². The number of hydrazone groups is 1. The second-order valence-corrected chi connectivity index (χ2v) is 6.16. The molecule has 30 heavy (non-hydrogen) atoms. The van der Waals surface area contributed by atoms with Crippen molar-refractivity contribution in [1.29, 1.82) is 0 Å². The first-order valence-corrected chi connectivity index (χ1v) is 9.13. The molecule has 0 spiro atoms. The number of benzene rings is 3. The Morgan fingerprint density at radius 3 is 2.20 bits per heavy atom. The van der Waals surface area contributed by atoms with Gasteiger partial charge in [-0.2, -0.15) is 5.10 Å². The Bertz CT molecular complexity index is 1060. The predicted octanol–water partition coefficient (Wildman–Crippen LogP) is 2.84. The molecule has 2 amide bonds. The van der Waals surface area contributed by atoms with E-state index in [-0.39, 0.29) is 5.71 Å². The van der Waals surface area contributed by atoms with Gasteiger partial charge in [0.15, 0.2) is 5.71 Å². The standard InChI is InChI=1S/C22H21N3O5/c1-28-21(26)20(24-25-22(23)27)16-7-9-18(10-8-16)29-12-13-30-19-11-6-15-4-2-3-5-17(15)14-19/h2-11,14H,12-13H2,1H3,(H3,23,25,27)/b24-20-. The van der Waals surface area contributed by atoms with E-state index < -0.39 is 12.0 Å². The molecule has 0 heterocycles. The van der Waals surface area contributed by atoms with Crippen LogP contribution in [0.25, 0.3) is 10.8 Å². The van der Waals surface area contributed by atoms with Crippen molar-refractivity contribution < 1.29 is 23.8 Å². The highest BCUT2D eigenvalue weighted by Gasteiger charge is 2.15. The SMILES string of the molecule is COC(=O)/C(=N\NC(N)=O)c1ccc(OCCOc2ccc3ccccc3c2)cc1. The summed E-state index contributed by atoms with van der Waals surface area (Å²) in [5.74, 6) is 0.655. The number of nitrogens with two attached hydrogens (primary N) is 1. The summed E-state index contributed by atoms with van der Waals surface area (Å²) in [6, 6.07) is 19.7. The number of rotatable bonds is 8. The van der Waals surface area contributed by atoms with Crippen molar-refractivity contribution in [2.75, 3.05) is 20.3 Å². The van der Waals surface area contributed by atoms with E-state index in [4.69, 9.17) is 15.2 Å². The molecule has 0 atom stereocenters. The van der Waals surface area contributed by atoms with Gasteiger partial charge in [-0.15, -0.1) is 0 Å². The van der Waals surface area contributed by atoms with Crippen LogP contribution < -0.4 is 20.6 Å². The maximum atomic E-state index is 11.8. The number of amides is 2. The molecule has 0 unspecified atom stereocenters. The molecule has 0 fully saturated rings. The van der Waals surface area contributed by atoms with Gasteiger partial charge in [0.1, 0.15) is 24.7 Å². The maximum absolute atomic E-state index is 11.8. The van der Waals surface area contributed by atoms with Gasteiger partial charge in [-0.25, -0.2) is 15.0 Å². The van der Waals surface area contributed by atoms with Gasteiger partial charge in [-0.05, 0) is 47.2 Å². The molecule has 0 aliphatic heterocycles. The Labute approximate surface area is 173 Å². The topological polar surface area (TPSA) is 112 Å². The van der Waals surface area contributed by atoms with Gasteiger partial charge in [0.05, 0.1) is 7.11 Å². The van der Waals surface area contributed by atoms with Gasteiger partial charge in [-0.3, -0.25) is 0 Å². The monoisotopic (exact) mass is 407 g/mol. The molecule has 3 rings (SSSR count). The lowest BCUT2D eigenvalue weighted by Crippen LogP contribution is -2.28. The summed E-state index contributed by atoms with van der Waals surface area (Å²) in [7, 11) is 1.22. The molecule has 154 valence electrons. The van der Waals surface area contributed by atoms with Crippen molar-refractivity contribution in [3.05, 3.63) is 72.3 Å². The van der Waals surface area contributed by atoms with Crippen LogP contribution in [0.1, 0.15) is 5.56 Å². The molecule has 0 bridgehead atoms. The van der Waals surface area contributed by atoms with Crippen LogP contribution in [0.2, 0.25) is 0 Å². The molecule has 8 heteroatoms. The lowest BCUT2D eigenvalue weighted by Gasteiger charge is -2.10. The predicted molar refractivity (Wildman–Crippen MR) is 113 cm³/mol. The summed E-state index contributed by atoms with van der Waals surface area (Å²) in [4.78, 5) is 22.7. The second kappa shape index (κ2) is 9.92. The van der Waals surface area contributed by atoms with Crippen LogP contribution in [0.4, 0.5) is 4.79 Å². The quantitative estimate of drug-likeness (QED) is 0.258. The second-order valence-electron chi connectivity index (χ2n) is 6.16. The minimum Gasteiger partial charge on any atom is -0.490 e. The number of primary amides is 1. The minimum absolute atomic E-state index is 0.0810. The first-order valence-electron chi connectivity index (χ1n) is 9.13. The molecule has 0 radical (unpaired) electrons.